The third kappa shape index (κ3) is 8.69. The quantitative estimate of drug-likeness (QED) is 0.0931. The lowest BCUT2D eigenvalue weighted by Crippen LogP contribution is -2.31. The van der Waals surface area contributed by atoms with Gasteiger partial charge >= 0.3 is 0 Å². The summed E-state index contributed by atoms with van der Waals surface area (Å²) in [5, 5.41) is 5.00. The van der Waals surface area contributed by atoms with E-state index in [1.165, 1.54) is 16.7 Å². The average molecular weight is 771 g/mol. The van der Waals surface area contributed by atoms with E-state index in [1.807, 2.05) is 54.6 Å². The maximum absolute atomic E-state index is 13.6. The van der Waals surface area contributed by atoms with Crippen LogP contribution in [-0.2, 0) is 21.0 Å². The highest BCUT2D eigenvalue weighted by Gasteiger charge is 2.40. The maximum atomic E-state index is 13.6. The van der Waals surface area contributed by atoms with Crippen LogP contribution in [0.25, 0.3) is 28.6 Å². The molecule has 1 aliphatic rings. The highest BCUT2D eigenvalue weighted by atomic mass is 32.2. The van der Waals surface area contributed by atoms with Crippen molar-refractivity contribution < 1.29 is 28.3 Å². The number of carbonyl (C=O) groups excluding carboxylic acids is 4. The van der Waals surface area contributed by atoms with E-state index in [0.29, 0.717) is 46.3 Å². The number of nitrogens with zero attached hydrogens (tertiary/aromatic N) is 2. The number of rotatable bonds is 12. The molecule has 0 saturated carbocycles. The van der Waals surface area contributed by atoms with E-state index in [1.54, 1.807) is 109 Å². The Kier molecular flexibility index (Phi) is 10.7. The van der Waals surface area contributed by atoms with Crippen LogP contribution in [0.3, 0.4) is 0 Å². The second kappa shape index (κ2) is 16.6. The smallest absolute Gasteiger partial charge is 0.272 e. The molecule has 11 heteroatoms. The van der Waals surface area contributed by atoms with E-state index in [2.05, 4.69) is 15.6 Å². The van der Waals surface area contributed by atoms with Gasteiger partial charge in [-0.3, -0.25) is 19.2 Å². The van der Waals surface area contributed by atoms with Crippen molar-refractivity contribution in [3.63, 3.8) is 0 Å². The van der Waals surface area contributed by atoms with Crippen molar-refractivity contribution in [2.24, 2.45) is 0 Å². The van der Waals surface area contributed by atoms with Gasteiger partial charge in [-0.1, -0.05) is 72.8 Å². The Morgan fingerprint density at radius 3 is 2.19 bits per heavy atom. The molecule has 0 radical (unpaired) electrons. The zero-order valence-corrected chi connectivity index (χ0v) is 31.1. The lowest BCUT2D eigenvalue weighted by atomic mass is 10.1. The van der Waals surface area contributed by atoms with Gasteiger partial charge in [-0.25, -0.2) is 9.88 Å². The number of imide groups is 1. The molecule has 10 nitrogen and oxygen atoms in total. The fourth-order valence-electron chi connectivity index (χ4n) is 6.21. The Balaban J connectivity index is 0.918. The van der Waals surface area contributed by atoms with Crippen LogP contribution < -0.4 is 20.3 Å². The monoisotopic (exact) mass is 770 g/mol. The Morgan fingerprint density at radius 1 is 0.789 bits per heavy atom. The normalized spacial score (nSPS) is 14.1. The predicted molar refractivity (Wildman–Crippen MR) is 220 cm³/mol. The largest absolute Gasteiger partial charge is 0.489 e. The molecule has 4 amide bonds. The molecule has 1 atom stereocenters. The van der Waals surface area contributed by atoms with Crippen LogP contribution in [-0.4, -0.2) is 33.9 Å². The molecule has 7 aromatic rings. The first kappa shape index (κ1) is 36.7. The van der Waals surface area contributed by atoms with Crippen LogP contribution in [0.1, 0.15) is 27.9 Å². The third-order valence-electron chi connectivity index (χ3n) is 9.13. The average Bonchev–Trinajstić information content (AvgIpc) is 3.81. The van der Waals surface area contributed by atoms with Crippen molar-refractivity contribution in [3.8, 4) is 17.2 Å². The Labute approximate surface area is 332 Å². The van der Waals surface area contributed by atoms with Gasteiger partial charge in [0.15, 0.2) is 5.58 Å². The number of para-hydroxylation sites is 2. The molecule has 280 valence electrons. The Bertz CT molecular complexity index is 2560. The summed E-state index contributed by atoms with van der Waals surface area (Å²) in [5.74, 6) is -0.446. The number of hydrogen-bond acceptors (Lipinski definition) is 8. The van der Waals surface area contributed by atoms with Gasteiger partial charge in [0.2, 0.25) is 17.7 Å². The second-order valence-electron chi connectivity index (χ2n) is 13.1. The molecule has 1 aromatic heterocycles. The highest BCUT2D eigenvalue weighted by Crippen LogP contribution is 2.35. The predicted octanol–water partition coefficient (Wildman–Crippen LogP) is 8.91. The topological polar surface area (TPSA) is 131 Å². The summed E-state index contributed by atoms with van der Waals surface area (Å²) >= 11 is 1.28. The van der Waals surface area contributed by atoms with Crippen LogP contribution >= 0.6 is 11.8 Å². The minimum atomic E-state index is -0.618. The first-order chi connectivity index (χ1) is 27.9. The standard InChI is InChI=1S/C46H34N4O6S/c51-42-28-41(46(54)50(42)35-21-17-33(18-22-35)45-49-38-13-7-8-14-40(38)56-45)57-37-25-19-34(20-26-37)47-44(53)39(48-43(52)32-11-5-2-6-12-32)27-30-15-23-36(24-16-30)55-29-31-9-3-1-4-10-31/h1-27,41H,28-29H2,(H,47,53)(H,48,52)/b39-27-. The zero-order chi connectivity index (χ0) is 39.1. The van der Waals surface area contributed by atoms with Crippen LogP contribution in [0.5, 0.6) is 5.75 Å². The number of fused-ring (bicyclic) bond motifs is 1. The Morgan fingerprint density at radius 2 is 1.47 bits per heavy atom. The summed E-state index contributed by atoms with van der Waals surface area (Å²) in [4.78, 5) is 59.8. The van der Waals surface area contributed by atoms with Crippen LogP contribution in [0.2, 0.25) is 0 Å². The molecule has 1 fully saturated rings. The molecular weight excluding hydrogens is 737 g/mol. The SMILES string of the molecule is O=C(Nc1ccc(SC2CC(=O)N(c3ccc(-c4nc5ccccc5o4)cc3)C2=O)cc1)/C(=C/c1ccc(OCc2ccccc2)cc1)NC(=O)c1ccccc1. The molecule has 57 heavy (non-hydrogen) atoms. The van der Waals surface area contributed by atoms with Gasteiger partial charge in [0.1, 0.15) is 23.6 Å². The first-order valence-electron chi connectivity index (χ1n) is 18.1. The van der Waals surface area contributed by atoms with Crippen LogP contribution in [0.15, 0.2) is 173 Å². The second-order valence-corrected chi connectivity index (χ2v) is 14.4. The number of aromatic nitrogens is 1. The summed E-state index contributed by atoms with van der Waals surface area (Å²) < 4.78 is 11.8. The van der Waals surface area contributed by atoms with Gasteiger partial charge < -0.3 is 19.8 Å². The summed E-state index contributed by atoms with van der Waals surface area (Å²) in [6.07, 6.45) is 1.64. The van der Waals surface area contributed by atoms with Crippen molar-refractivity contribution in [3.05, 3.63) is 180 Å². The molecule has 0 aliphatic carbocycles. The molecule has 0 spiro atoms. The van der Waals surface area contributed by atoms with E-state index < -0.39 is 17.1 Å². The summed E-state index contributed by atoms with van der Waals surface area (Å²) in [7, 11) is 0. The maximum Gasteiger partial charge on any atom is 0.272 e. The van der Waals surface area contributed by atoms with E-state index in [9.17, 15) is 19.2 Å². The number of anilines is 2. The minimum Gasteiger partial charge on any atom is -0.489 e. The van der Waals surface area contributed by atoms with Gasteiger partial charge in [-0.15, -0.1) is 11.8 Å². The summed E-state index contributed by atoms with van der Waals surface area (Å²) in [5.41, 5.74) is 5.26. The lowest BCUT2D eigenvalue weighted by Gasteiger charge is -2.15. The van der Waals surface area contributed by atoms with Crippen LogP contribution in [0.4, 0.5) is 11.4 Å². The van der Waals surface area contributed by atoms with Gasteiger partial charge in [0.25, 0.3) is 11.8 Å². The van der Waals surface area contributed by atoms with E-state index >= 15 is 0 Å². The number of oxazole rings is 1. The van der Waals surface area contributed by atoms with E-state index in [-0.39, 0.29) is 23.9 Å². The van der Waals surface area contributed by atoms with Gasteiger partial charge in [0, 0.05) is 28.1 Å². The summed E-state index contributed by atoms with van der Waals surface area (Å²) in [6.45, 7) is 0.417. The Hall–Kier alpha value is -7.24. The molecule has 0 bridgehead atoms. The molecule has 8 rings (SSSR count). The van der Waals surface area contributed by atoms with Crippen molar-refractivity contribution in [2.45, 2.75) is 23.2 Å². The van der Waals surface area contributed by atoms with Crippen molar-refractivity contribution >= 4 is 63.9 Å². The molecular formula is C46H34N4O6S. The molecule has 1 saturated heterocycles. The van der Waals surface area contributed by atoms with E-state index in [4.69, 9.17) is 9.15 Å². The van der Waals surface area contributed by atoms with Crippen LogP contribution in [0, 0.1) is 0 Å². The fourth-order valence-corrected chi connectivity index (χ4v) is 7.26. The lowest BCUT2D eigenvalue weighted by molar-refractivity contribution is -0.121. The van der Waals surface area contributed by atoms with Crippen molar-refractivity contribution in [1.29, 1.82) is 0 Å². The van der Waals surface area contributed by atoms with Gasteiger partial charge in [-0.05, 0) is 102 Å². The number of carbonyl (C=O) groups is 4. The number of ether oxygens (including phenoxy) is 1. The zero-order valence-electron chi connectivity index (χ0n) is 30.3. The van der Waals surface area contributed by atoms with Gasteiger partial charge in [0.05, 0.1) is 10.9 Å². The first-order valence-corrected chi connectivity index (χ1v) is 19.0. The third-order valence-corrected chi connectivity index (χ3v) is 10.3. The molecule has 2 N–H and O–H groups in total. The molecule has 1 aliphatic heterocycles. The number of hydrogen-bond donors (Lipinski definition) is 2. The van der Waals surface area contributed by atoms with Crippen molar-refractivity contribution in [2.75, 3.05) is 10.2 Å². The number of amides is 4. The molecule has 1 unspecified atom stereocenters. The highest BCUT2D eigenvalue weighted by molar-refractivity contribution is 8.00. The number of benzene rings is 6. The van der Waals surface area contributed by atoms with Crippen molar-refractivity contribution in [1.82, 2.24) is 10.3 Å². The number of thioether (sulfide) groups is 1. The number of nitrogens with one attached hydrogen (secondary N) is 2. The fraction of sp³-hybridized carbons (Fsp3) is 0.0652. The molecule has 2 heterocycles. The summed E-state index contributed by atoms with van der Waals surface area (Å²) in [6, 6.07) is 47.1. The minimum absolute atomic E-state index is 0.0392. The van der Waals surface area contributed by atoms with Gasteiger partial charge in [-0.2, -0.15) is 0 Å². The molecule has 6 aromatic carbocycles. The van der Waals surface area contributed by atoms with E-state index in [0.717, 1.165) is 21.5 Å².